The van der Waals surface area contributed by atoms with Crippen LogP contribution in [0.2, 0.25) is 5.02 Å². The summed E-state index contributed by atoms with van der Waals surface area (Å²) >= 11 is 6.11. The molecule has 2 saturated carbocycles. The van der Waals surface area contributed by atoms with Gasteiger partial charge in [0.1, 0.15) is 6.10 Å². The molecule has 1 N–H and O–H groups in total. The fraction of sp³-hybridized carbons (Fsp3) is 0.462. The number of fused-ring (bicyclic) bond motifs is 2. The van der Waals surface area contributed by atoms with E-state index in [9.17, 15) is 9.90 Å². The number of aromatic nitrogens is 1. The molecule has 162 valence electrons. The molecule has 5 heteroatoms. The first-order chi connectivity index (χ1) is 15.0. The Morgan fingerprint density at radius 1 is 1.16 bits per heavy atom. The summed E-state index contributed by atoms with van der Waals surface area (Å²) in [7, 11) is 0. The third-order valence-electron chi connectivity index (χ3n) is 7.59. The second-order valence-electron chi connectivity index (χ2n) is 9.31. The van der Waals surface area contributed by atoms with Gasteiger partial charge in [-0.1, -0.05) is 42.3 Å². The van der Waals surface area contributed by atoms with Crippen molar-refractivity contribution in [2.24, 2.45) is 29.6 Å². The number of ether oxygens (including phenoxy) is 1. The average molecular weight is 438 g/mol. The average Bonchev–Trinajstić information content (AvgIpc) is 3.05. The smallest absolute Gasteiger partial charge is 0.309 e. The Kier molecular flexibility index (Phi) is 5.61. The van der Waals surface area contributed by atoms with E-state index in [0.29, 0.717) is 10.9 Å². The molecule has 2 aliphatic carbocycles. The molecule has 0 bridgehead atoms. The summed E-state index contributed by atoms with van der Waals surface area (Å²) in [5, 5.41) is 11.3. The first-order valence-electron chi connectivity index (χ1n) is 11.3. The molecular weight excluding hydrogens is 410 g/mol. The van der Waals surface area contributed by atoms with Gasteiger partial charge in [0.15, 0.2) is 0 Å². The topological polar surface area (TPSA) is 59.4 Å². The summed E-state index contributed by atoms with van der Waals surface area (Å²) in [5.74, 6) is 0.785. The number of halogens is 1. The maximum Gasteiger partial charge on any atom is 0.309 e. The highest BCUT2D eigenvalue weighted by molar-refractivity contribution is 6.30. The van der Waals surface area contributed by atoms with Crippen molar-refractivity contribution in [2.75, 3.05) is 0 Å². The summed E-state index contributed by atoms with van der Waals surface area (Å²) in [6.07, 6.45) is 9.52. The van der Waals surface area contributed by atoms with Crippen LogP contribution in [0.25, 0.3) is 17.2 Å². The zero-order chi connectivity index (χ0) is 21.5. The number of carbonyl (C=O) groups is 1. The van der Waals surface area contributed by atoms with E-state index in [-0.39, 0.29) is 41.8 Å². The van der Waals surface area contributed by atoms with Gasteiger partial charge < -0.3 is 9.84 Å². The highest BCUT2D eigenvalue weighted by atomic mass is 35.5. The number of esters is 1. The maximum absolute atomic E-state index is 12.5. The number of rotatable bonds is 3. The van der Waals surface area contributed by atoms with Gasteiger partial charge in [0.2, 0.25) is 0 Å². The van der Waals surface area contributed by atoms with Gasteiger partial charge in [0, 0.05) is 22.7 Å². The number of carbonyl (C=O) groups excluding carboxylic acids is 1. The van der Waals surface area contributed by atoms with Gasteiger partial charge in [0.05, 0.1) is 17.7 Å². The Hall–Kier alpha value is -2.17. The van der Waals surface area contributed by atoms with Crippen LogP contribution in [-0.2, 0) is 9.53 Å². The molecule has 0 spiro atoms. The first kappa shape index (κ1) is 20.7. The van der Waals surface area contributed by atoms with Gasteiger partial charge in [-0.3, -0.25) is 9.78 Å². The fourth-order valence-corrected chi connectivity index (χ4v) is 6.35. The highest BCUT2D eigenvalue weighted by Gasteiger charge is 2.55. The Labute approximate surface area is 188 Å². The van der Waals surface area contributed by atoms with Crippen molar-refractivity contribution >= 4 is 23.6 Å². The lowest BCUT2D eigenvalue weighted by molar-refractivity contribution is -0.145. The number of aliphatic hydroxyl groups is 1. The van der Waals surface area contributed by atoms with Crippen LogP contribution in [0.3, 0.4) is 0 Å². The van der Waals surface area contributed by atoms with E-state index in [1.54, 1.807) is 0 Å². The Bertz CT molecular complexity index is 988. The molecule has 4 nitrogen and oxygen atoms in total. The quantitative estimate of drug-likeness (QED) is 0.654. The van der Waals surface area contributed by atoms with Crippen molar-refractivity contribution in [3.8, 4) is 11.1 Å². The third-order valence-corrected chi connectivity index (χ3v) is 7.83. The molecule has 7 atom stereocenters. The van der Waals surface area contributed by atoms with Crippen molar-refractivity contribution in [1.82, 2.24) is 4.98 Å². The second-order valence-corrected chi connectivity index (χ2v) is 9.74. The van der Waals surface area contributed by atoms with Crippen LogP contribution in [-0.4, -0.2) is 28.3 Å². The maximum atomic E-state index is 12.5. The molecule has 1 saturated heterocycles. The number of hydrogen-bond acceptors (Lipinski definition) is 4. The van der Waals surface area contributed by atoms with Crippen molar-refractivity contribution in [3.05, 3.63) is 59.4 Å². The van der Waals surface area contributed by atoms with Crippen LogP contribution in [0.1, 0.15) is 38.3 Å². The van der Waals surface area contributed by atoms with E-state index in [2.05, 4.69) is 23.2 Å². The third kappa shape index (κ3) is 3.92. The number of cyclic esters (lactones) is 1. The molecule has 1 aliphatic heterocycles. The standard InChI is InChI=1S/C26H28ClNO3/c1-15-25-21(20-6-3-7-24(29)22(20)13-23(25)26(30)31-15)11-10-19-9-8-17(14-28-19)16-4-2-5-18(27)12-16/h2,4-5,8-12,14-15,20-25,29H,3,6-7,13H2,1H3/t15-,20+,21+,22+,23-,24+,25+/m1/s1. The minimum Gasteiger partial charge on any atom is -0.462 e. The summed E-state index contributed by atoms with van der Waals surface area (Å²) in [6.45, 7) is 2.01. The first-order valence-corrected chi connectivity index (χ1v) is 11.7. The number of nitrogens with zero attached hydrogens (tertiary/aromatic N) is 1. The van der Waals surface area contributed by atoms with Crippen molar-refractivity contribution in [2.45, 2.75) is 44.8 Å². The van der Waals surface area contributed by atoms with Crippen LogP contribution in [0, 0.1) is 29.6 Å². The lowest BCUT2D eigenvalue weighted by Gasteiger charge is -2.47. The minimum absolute atomic E-state index is 0.0784. The predicted octanol–water partition coefficient (Wildman–Crippen LogP) is 5.39. The Morgan fingerprint density at radius 2 is 2.03 bits per heavy atom. The zero-order valence-corrected chi connectivity index (χ0v) is 18.4. The number of aliphatic hydroxyl groups excluding tert-OH is 1. The molecule has 1 aromatic heterocycles. The monoisotopic (exact) mass is 437 g/mol. The van der Waals surface area contributed by atoms with E-state index in [0.717, 1.165) is 42.5 Å². The molecule has 3 aliphatic rings. The summed E-state index contributed by atoms with van der Waals surface area (Å²) in [4.78, 5) is 17.1. The highest BCUT2D eigenvalue weighted by Crippen LogP contribution is 2.53. The van der Waals surface area contributed by atoms with Crippen LogP contribution in [0.15, 0.2) is 48.7 Å². The lowest BCUT2D eigenvalue weighted by Crippen LogP contribution is -2.47. The lowest BCUT2D eigenvalue weighted by atomic mass is 9.56. The molecule has 2 aromatic rings. The van der Waals surface area contributed by atoms with Crippen molar-refractivity contribution < 1.29 is 14.6 Å². The minimum atomic E-state index is -0.311. The molecule has 1 aromatic carbocycles. The van der Waals surface area contributed by atoms with E-state index in [1.807, 2.05) is 43.5 Å². The van der Waals surface area contributed by atoms with Crippen LogP contribution in [0.5, 0.6) is 0 Å². The van der Waals surface area contributed by atoms with E-state index in [4.69, 9.17) is 16.3 Å². The van der Waals surface area contributed by atoms with Crippen molar-refractivity contribution in [1.29, 1.82) is 0 Å². The molecule has 31 heavy (non-hydrogen) atoms. The van der Waals surface area contributed by atoms with Gasteiger partial charge in [-0.05, 0) is 73.8 Å². The largest absolute Gasteiger partial charge is 0.462 e. The van der Waals surface area contributed by atoms with Crippen LogP contribution < -0.4 is 0 Å². The second kappa shape index (κ2) is 8.40. The molecular formula is C26H28ClNO3. The number of pyridine rings is 1. The molecule has 3 fully saturated rings. The summed E-state index contributed by atoms with van der Waals surface area (Å²) in [5.41, 5.74) is 2.95. The van der Waals surface area contributed by atoms with Crippen LogP contribution >= 0.6 is 11.6 Å². The SMILES string of the molecule is C[C@H]1OC(=O)[C@@H]2C[C@H]3[C@@H](CCC[C@@H]3O)[C@H](C=Cc3ccc(-c4cccc(Cl)c4)cn3)[C@H]12. The number of allylic oxidation sites excluding steroid dienone is 1. The summed E-state index contributed by atoms with van der Waals surface area (Å²) in [6, 6.07) is 11.8. The molecule has 5 rings (SSSR count). The van der Waals surface area contributed by atoms with Crippen LogP contribution in [0.4, 0.5) is 0 Å². The van der Waals surface area contributed by atoms with E-state index in [1.165, 1.54) is 0 Å². The van der Waals surface area contributed by atoms with E-state index < -0.39 is 0 Å². The van der Waals surface area contributed by atoms with Gasteiger partial charge in [-0.25, -0.2) is 0 Å². The Morgan fingerprint density at radius 3 is 2.81 bits per heavy atom. The molecule has 0 unspecified atom stereocenters. The predicted molar refractivity (Wildman–Crippen MR) is 121 cm³/mol. The van der Waals surface area contributed by atoms with Gasteiger partial charge in [0.25, 0.3) is 0 Å². The Balaban J connectivity index is 1.40. The van der Waals surface area contributed by atoms with Gasteiger partial charge >= 0.3 is 5.97 Å². The van der Waals surface area contributed by atoms with E-state index >= 15 is 0 Å². The molecule has 2 heterocycles. The fourth-order valence-electron chi connectivity index (χ4n) is 6.16. The van der Waals surface area contributed by atoms with Crippen molar-refractivity contribution in [3.63, 3.8) is 0 Å². The molecule has 0 radical (unpaired) electrons. The zero-order valence-electron chi connectivity index (χ0n) is 17.7. The summed E-state index contributed by atoms with van der Waals surface area (Å²) < 4.78 is 5.63. The van der Waals surface area contributed by atoms with Gasteiger partial charge in [-0.2, -0.15) is 0 Å². The number of benzene rings is 1. The normalized spacial score (nSPS) is 34.9. The number of hydrogen-bond donors (Lipinski definition) is 1. The van der Waals surface area contributed by atoms with Gasteiger partial charge in [-0.15, -0.1) is 0 Å². The molecule has 0 amide bonds.